The number of amides is 3. The number of hydrogen-bond acceptors (Lipinski definition) is 6. The average molecular weight is 745 g/mol. The number of nitrogens with two attached hydrogens (primary N) is 1. The second kappa shape index (κ2) is 24.6. The molecule has 0 bridgehead atoms. The Morgan fingerprint density at radius 1 is 1.00 bits per heavy atom. The number of rotatable bonds is 17. The first-order chi connectivity index (χ1) is 21.9. The number of alkyl halides is 3. The Kier molecular flexibility index (Phi) is 24.4. The van der Waals surface area contributed by atoms with Crippen molar-refractivity contribution >= 4 is 29.4 Å². The number of anilines is 1. The number of halogens is 4. The Morgan fingerprint density at radius 3 is 2.20 bits per heavy atom. The molecule has 50 heavy (non-hydrogen) atoms. The van der Waals surface area contributed by atoms with Crippen LogP contribution in [0.25, 0.3) is 0 Å². The molecule has 3 amide bonds. The second-order valence-corrected chi connectivity index (χ2v) is 14.3. The largest absolute Gasteiger partial charge is 0.490 e. The van der Waals surface area contributed by atoms with Gasteiger partial charge in [0.1, 0.15) is 11.9 Å². The highest BCUT2D eigenvalue weighted by Crippen LogP contribution is 2.36. The van der Waals surface area contributed by atoms with Crippen molar-refractivity contribution in [1.29, 1.82) is 0 Å². The number of benzene rings is 1. The molecule has 0 saturated heterocycles. The van der Waals surface area contributed by atoms with E-state index in [9.17, 15) is 22.8 Å². The Bertz CT molecular complexity index is 1100. The highest BCUT2D eigenvalue weighted by atomic mass is 32.2. The minimum atomic E-state index is -2.99. The lowest BCUT2D eigenvalue weighted by Gasteiger charge is -2.43. The van der Waals surface area contributed by atoms with Gasteiger partial charge < -0.3 is 42.7 Å². The number of thioether (sulfide) groups is 1. The maximum atomic E-state index is 14.6. The normalized spacial score (nSPS) is 23.7. The van der Waals surface area contributed by atoms with Crippen LogP contribution >= 0.6 is 11.8 Å². The smallest absolute Gasteiger partial charge is 0.315 e. The topological polar surface area (TPSA) is 211 Å². The van der Waals surface area contributed by atoms with Crippen molar-refractivity contribution in [3.8, 4) is 5.75 Å². The SMILES string of the molecule is CCCCCC(=O)NC1CC(C(C)F)CC(NC(=O)NC2CCC(Oc3cc(NCCC)cc(C(C)(F)F)c3)CC2)C1SCCN.F.O.O.[OH]. The highest BCUT2D eigenvalue weighted by Gasteiger charge is 2.41. The zero-order valence-corrected chi connectivity index (χ0v) is 30.7. The molecule has 0 spiro atoms. The zero-order valence-electron chi connectivity index (χ0n) is 29.9. The predicted molar refractivity (Wildman–Crippen MR) is 193 cm³/mol. The molecule has 2 aliphatic rings. The maximum absolute atomic E-state index is 14.6. The predicted octanol–water partition coefficient (Wildman–Crippen LogP) is 5.20. The van der Waals surface area contributed by atoms with E-state index >= 15 is 0 Å². The van der Waals surface area contributed by atoms with E-state index in [1.54, 1.807) is 24.8 Å². The lowest BCUT2D eigenvalue weighted by atomic mass is 9.79. The quantitative estimate of drug-likeness (QED) is 0.0932. The van der Waals surface area contributed by atoms with Gasteiger partial charge in [0.05, 0.1) is 6.10 Å². The molecule has 0 aromatic heterocycles. The van der Waals surface area contributed by atoms with Gasteiger partial charge in [-0.2, -0.15) is 11.8 Å². The molecule has 11 N–H and O–H groups in total. The van der Waals surface area contributed by atoms with Crippen LogP contribution in [0.5, 0.6) is 5.75 Å². The second-order valence-electron chi connectivity index (χ2n) is 13.0. The number of carbonyl (C=O) groups excluding carboxylic acids is 2. The van der Waals surface area contributed by atoms with E-state index in [4.69, 9.17) is 10.5 Å². The van der Waals surface area contributed by atoms with E-state index in [-0.39, 0.29) is 74.0 Å². The van der Waals surface area contributed by atoms with E-state index in [0.717, 1.165) is 32.6 Å². The van der Waals surface area contributed by atoms with Gasteiger partial charge in [0.15, 0.2) is 0 Å². The molecule has 293 valence electrons. The van der Waals surface area contributed by atoms with Crippen molar-refractivity contribution in [2.75, 3.05) is 24.2 Å². The van der Waals surface area contributed by atoms with Crippen molar-refractivity contribution < 1.29 is 48.6 Å². The molecular weight excluding hydrogens is 682 g/mol. The first-order valence-corrected chi connectivity index (χ1v) is 18.2. The lowest BCUT2D eigenvalue weighted by Crippen LogP contribution is -2.60. The molecule has 2 aliphatic carbocycles. The highest BCUT2D eigenvalue weighted by molar-refractivity contribution is 8.00. The summed E-state index contributed by atoms with van der Waals surface area (Å²) in [7, 11) is 0. The van der Waals surface area contributed by atoms with Gasteiger partial charge >= 0.3 is 6.03 Å². The molecule has 0 aliphatic heterocycles. The number of unbranched alkanes of at least 4 members (excludes halogenated alkanes) is 2. The Hall–Kier alpha value is -2.53. The molecule has 5 unspecified atom stereocenters. The molecule has 1 aromatic rings. The standard InChI is InChI=1S/C34H56F3N5O3S.FH.2H2O.HO/c1-5-7-8-9-31(43)41-29-17-23(22(3)35)18-30(32(29)46-16-14-38)42-33(44)40-25-10-12-27(13-11-25)45-28-20-24(34(4,36)37)19-26(21-28)39-15-6-2;;;;/h19-23,25,27,29-30,32,39H,5-18,38H2,1-4H3,(H,41,43)(H2,40,42,44);1H;2*1H2;1H. The van der Waals surface area contributed by atoms with E-state index in [1.165, 1.54) is 12.1 Å². The van der Waals surface area contributed by atoms with E-state index in [2.05, 4.69) is 28.2 Å². The molecule has 5 atom stereocenters. The van der Waals surface area contributed by atoms with Crippen LogP contribution in [0.4, 0.5) is 28.4 Å². The van der Waals surface area contributed by atoms with Gasteiger partial charge in [0, 0.05) is 72.9 Å². The number of ether oxygens (including phenoxy) is 1. The number of hydrogen-bond donors (Lipinski definition) is 6. The third kappa shape index (κ3) is 16.2. The summed E-state index contributed by atoms with van der Waals surface area (Å²) in [4.78, 5) is 26.0. The fourth-order valence-electron chi connectivity index (χ4n) is 6.41. The monoisotopic (exact) mass is 744 g/mol. The maximum Gasteiger partial charge on any atom is 0.315 e. The Balaban J connectivity index is 0. The number of carbonyl (C=O) groups is 2. The van der Waals surface area contributed by atoms with Gasteiger partial charge in [-0.3, -0.25) is 15.0 Å². The van der Waals surface area contributed by atoms with Crippen molar-refractivity contribution in [1.82, 2.24) is 16.0 Å². The number of urea groups is 1. The summed E-state index contributed by atoms with van der Waals surface area (Å²) in [5, 5.41) is 12.4. The summed E-state index contributed by atoms with van der Waals surface area (Å²) in [6.45, 7) is 7.67. The van der Waals surface area contributed by atoms with Crippen molar-refractivity contribution in [3.05, 3.63) is 23.8 Å². The fourth-order valence-corrected chi connectivity index (χ4v) is 7.64. The molecule has 3 rings (SSSR count). The third-order valence-electron chi connectivity index (χ3n) is 8.96. The van der Waals surface area contributed by atoms with Crippen molar-refractivity contribution in [2.45, 2.75) is 140 Å². The minimum absolute atomic E-state index is 0. The van der Waals surface area contributed by atoms with Crippen LogP contribution in [0.15, 0.2) is 18.2 Å². The molecular formula is C34H62F4N5O6S. The van der Waals surface area contributed by atoms with Crippen molar-refractivity contribution in [3.63, 3.8) is 0 Å². The first-order valence-electron chi connectivity index (χ1n) is 17.2. The van der Waals surface area contributed by atoms with Gasteiger partial charge in [-0.1, -0.05) is 26.7 Å². The molecule has 2 saturated carbocycles. The van der Waals surface area contributed by atoms with Gasteiger partial charge in [-0.05, 0) is 76.3 Å². The summed E-state index contributed by atoms with van der Waals surface area (Å²) >= 11 is 1.62. The number of nitrogens with one attached hydrogen (secondary N) is 4. The summed E-state index contributed by atoms with van der Waals surface area (Å²) in [5.74, 6) is -2.22. The summed E-state index contributed by atoms with van der Waals surface area (Å²) in [6.07, 6.45) is 6.62. The van der Waals surface area contributed by atoms with Crippen LogP contribution in [-0.4, -0.2) is 82.9 Å². The van der Waals surface area contributed by atoms with Crippen LogP contribution < -0.4 is 31.7 Å². The van der Waals surface area contributed by atoms with E-state index in [1.807, 2.05) is 6.92 Å². The van der Waals surface area contributed by atoms with Crippen molar-refractivity contribution in [2.24, 2.45) is 11.7 Å². The lowest BCUT2D eigenvalue weighted by molar-refractivity contribution is -0.122. The minimum Gasteiger partial charge on any atom is -0.490 e. The zero-order chi connectivity index (χ0) is 33.7. The van der Waals surface area contributed by atoms with Gasteiger partial charge in [0.2, 0.25) is 5.91 Å². The third-order valence-corrected chi connectivity index (χ3v) is 10.5. The summed E-state index contributed by atoms with van der Waals surface area (Å²) < 4.78 is 49.1. The molecule has 2 fully saturated rings. The Morgan fingerprint density at radius 2 is 1.64 bits per heavy atom. The van der Waals surface area contributed by atoms with E-state index in [0.29, 0.717) is 75.2 Å². The Labute approximate surface area is 298 Å². The average Bonchev–Trinajstić information content (AvgIpc) is 3.00. The summed E-state index contributed by atoms with van der Waals surface area (Å²) in [6, 6.07) is 3.67. The molecule has 0 heterocycles. The van der Waals surface area contributed by atoms with Crippen LogP contribution in [0.1, 0.15) is 104 Å². The van der Waals surface area contributed by atoms with E-state index < -0.39 is 12.1 Å². The molecule has 1 aromatic carbocycles. The molecule has 16 heteroatoms. The van der Waals surface area contributed by atoms with Crippen LogP contribution in [0.3, 0.4) is 0 Å². The van der Waals surface area contributed by atoms with Gasteiger partial charge in [-0.25, -0.2) is 18.0 Å². The first kappa shape index (κ1) is 49.6. The van der Waals surface area contributed by atoms with Gasteiger partial charge in [0.25, 0.3) is 5.92 Å². The van der Waals surface area contributed by atoms with Gasteiger partial charge in [-0.15, -0.1) is 0 Å². The molecule has 1 radical (unpaired) electrons. The summed E-state index contributed by atoms with van der Waals surface area (Å²) in [5.41, 5.74) is 6.33. The molecule has 11 nitrogen and oxygen atoms in total. The van der Waals surface area contributed by atoms with Crippen LogP contribution in [0.2, 0.25) is 0 Å². The fraction of sp³-hybridized carbons (Fsp3) is 0.765. The van der Waals surface area contributed by atoms with Crippen LogP contribution in [0, 0.1) is 5.92 Å². The van der Waals surface area contributed by atoms with Crippen LogP contribution in [-0.2, 0) is 10.7 Å².